The van der Waals surface area contributed by atoms with Crippen LogP contribution >= 0.6 is 0 Å². The highest BCUT2D eigenvalue weighted by Crippen LogP contribution is 1.94. The van der Waals surface area contributed by atoms with E-state index in [9.17, 15) is 8.42 Å². The summed E-state index contributed by atoms with van der Waals surface area (Å²) < 4.78 is 66.3. The van der Waals surface area contributed by atoms with Gasteiger partial charge in [-0.25, -0.2) is 17.6 Å². The molecule has 0 aliphatic carbocycles. The van der Waals surface area contributed by atoms with E-state index in [4.69, 9.17) is 22.1 Å². The highest BCUT2D eigenvalue weighted by Gasteiger charge is 2.05. The zero-order valence-corrected chi connectivity index (χ0v) is 12.8. The minimum atomic E-state index is -4.92. The van der Waals surface area contributed by atoms with Crippen molar-refractivity contribution < 1.29 is 35.1 Å². The smallest absolute Gasteiger partial charge is 0.264 e. The lowest BCUT2D eigenvalue weighted by molar-refractivity contribution is -0.696. The van der Waals surface area contributed by atoms with Crippen molar-refractivity contribution >= 4 is 20.5 Å². The fourth-order valence-electron chi connectivity index (χ4n) is 1.41. The number of aryl methyl sites for hydroxylation is 1. The Morgan fingerprint density at radius 1 is 1.24 bits per heavy atom. The van der Waals surface area contributed by atoms with Gasteiger partial charge in [-0.1, -0.05) is 12.7 Å². The molecule has 0 unspecified atom stereocenters. The molecule has 0 amide bonds. The molecular formula is C10H18N2O7S2. The zero-order chi connectivity index (χ0) is 16.5. The molecule has 0 atom stereocenters. The molecule has 21 heavy (non-hydrogen) atoms. The number of allylic oxidation sites excluding steroid dienone is 1. The molecule has 11 heteroatoms. The Kier molecular flexibility index (Phi) is 8.36. The van der Waals surface area contributed by atoms with Gasteiger partial charge in [0.1, 0.15) is 18.9 Å². The van der Waals surface area contributed by atoms with Crippen LogP contribution in [0.2, 0.25) is 0 Å². The maximum Gasteiger partial charge on any atom is 0.264 e. The van der Waals surface area contributed by atoms with E-state index in [0.29, 0.717) is 6.42 Å². The maximum atomic E-state index is 10.5. The standard InChI is InChI=1S/C10H16N2O3S.H2O4S/c1-2-5-11-7-8-12(10-11)6-3-4-9-16(13,14)15;1-5(2,3)4/h2,7-8,10H,1,3-6,9H2;(H2,1,2,3,4). The van der Waals surface area contributed by atoms with Crippen molar-refractivity contribution in [1.82, 2.24) is 4.57 Å². The number of rotatable bonds is 7. The molecule has 0 aliphatic rings. The van der Waals surface area contributed by atoms with Crippen molar-refractivity contribution in [2.75, 3.05) is 5.75 Å². The lowest BCUT2D eigenvalue weighted by Crippen LogP contribution is -2.31. The molecule has 0 bridgehead atoms. The molecule has 0 radical (unpaired) electrons. The zero-order valence-electron chi connectivity index (χ0n) is 11.2. The molecule has 2 N–H and O–H groups in total. The van der Waals surface area contributed by atoms with Crippen LogP contribution in [0.25, 0.3) is 0 Å². The average molecular weight is 342 g/mol. The third-order valence-electron chi connectivity index (χ3n) is 2.15. The van der Waals surface area contributed by atoms with Crippen LogP contribution < -0.4 is 4.57 Å². The summed E-state index contributed by atoms with van der Waals surface area (Å²) >= 11 is 0. The monoisotopic (exact) mass is 342 g/mol. The third-order valence-corrected chi connectivity index (χ3v) is 2.96. The normalized spacial score (nSPS) is 11.6. The van der Waals surface area contributed by atoms with Crippen LogP contribution in [0.3, 0.4) is 0 Å². The van der Waals surface area contributed by atoms with Gasteiger partial charge >= 0.3 is 0 Å². The van der Waals surface area contributed by atoms with Crippen LogP contribution in [0.1, 0.15) is 12.8 Å². The largest absolute Gasteiger partial charge is 0.726 e. The lowest BCUT2D eigenvalue weighted by Gasteiger charge is -1.96. The molecule has 0 aliphatic heterocycles. The minimum Gasteiger partial charge on any atom is -0.726 e. The molecule has 1 aromatic rings. The Labute approximate surface area is 123 Å². The molecule has 0 saturated carbocycles. The Hall–Kier alpha value is -1.27. The van der Waals surface area contributed by atoms with Gasteiger partial charge < -0.3 is 4.55 Å². The van der Waals surface area contributed by atoms with Crippen LogP contribution in [0, 0.1) is 0 Å². The van der Waals surface area contributed by atoms with Gasteiger partial charge in [-0.15, -0.1) is 0 Å². The Bertz CT molecular complexity index is 626. The second-order valence-electron chi connectivity index (χ2n) is 4.06. The summed E-state index contributed by atoms with van der Waals surface area (Å²) in [4.78, 5) is 0. The van der Waals surface area contributed by atoms with Gasteiger partial charge in [0.15, 0.2) is 0 Å². The van der Waals surface area contributed by atoms with E-state index < -0.39 is 20.5 Å². The van der Waals surface area contributed by atoms with Crippen molar-refractivity contribution in [2.45, 2.75) is 25.9 Å². The first-order valence-corrected chi connectivity index (χ1v) is 8.78. The van der Waals surface area contributed by atoms with Gasteiger partial charge in [-0.05, 0) is 12.8 Å². The van der Waals surface area contributed by atoms with E-state index in [2.05, 4.69) is 6.58 Å². The van der Waals surface area contributed by atoms with E-state index in [1.54, 1.807) is 0 Å². The fourth-order valence-corrected chi connectivity index (χ4v) is 1.98. The van der Waals surface area contributed by atoms with Crippen molar-refractivity contribution in [3.8, 4) is 0 Å². The Morgan fingerprint density at radius 3 is 2.29 bits per heavy atom. The Morgan fingerprint density at radius 2 is 1.81 bits per heavy atom. The minimum absolute atomic E-state index is 0.166. The quantitative estimate of drug-likeness (QED) is 0.226. The van der Waals surface area contributed by atoms with Crippen LogP contribution in [-0.4, -0.2) is 40.8 Å². The van der Waals surface area contributed by atoms with Crippen LogP contribution in [0.5, 0.6) is 0 Å². The summed E-state index contributed by atoms with van der Waals surface area (Å²) in [6, 6.07) is 0. The molecular weight excluding hydrogens is 324 g/mol. The van der Waals surface area contributed by atoms with E-state index in [1.807, 2.05) is 33.9 Å². The molecule has 1 aromatic heterocycles. The highest BCUT2D eigenvalue weighted by molar-refractivity contribution is 7.85. The molecule has 0 saturated heterocycles. The predicted octanol–water partition coefficient (Wildman–Crippen LogP) is -0.366. The summed E-state index contributed by atoms with van der Waals surface area (Å²) in [7, 11) is -8.73. The van der Waals surface area contributed by atoms with Crippen LogP contribution in [-0.2, 0) is 33.6 Å². The SMILES string of the molecule is C=CCn1cc[n+](CCCCS(=O)(=O)O)c1.O=S(=O)([O-])O. The van der Waals surface area contributed by atoms with Crippen molar-refractivity contribution in [1.29, 1.82) is 0 Å². The number of aromatic nitrogens is 2. The number of nitrogens with zero attached hydrogens (tertiary/aromatic N) is 2. The average Bonchev–Trinajstić information content (AvgIpc) is 2.69. The van der Waals surface area contributed by atoms with Gasteiger partial charge in [-0.2, -0.15) is 8.42 Å². The first kappa shape index (κ1) is 19.7. The van der Waals surface area contributed by atoms with Crippen LogP contribution in [0.4, 0.5) is 0 Å². The first-order chi connectivity index (χ1) is 9.51. The number of imidazole rings is 1. The van der Waals surface area contributed by atoms with Crippen molar-refractivity contribution in [3.63, 3.8) is 0 Å². The second-order valence-corrected chi connectivity index (χ2v) is 6.49. The van der Waals surface area contributed by atoms with E-state index in [-0.39, 0.29) is 5.75 Å². The van der Waals surface area contributed by atoms with E-state index in [0.717, 1.165) is 19.5 Å². The molecule has 0 aromatic carbocycles. The predicted molar refractivity (Wildman–Crippen MR) is 72.8 cm³/mol. The summed E-state index contributed by atoms with van der Waals surface area (Å²) in [6.45, 7) is 5.15. The van der Waals surface area contributed by atoms with Gasteiger partial charge in [0.25, 0.3) is 10.1 Å². The summed E-state index contributed by atoms with van der Waals surface area (Å²) in [5.74, 6) is -0.166. The summed E-state index contributed by atoms with van der Waals surface area (Å²) in [5.41, 5.74) is 0. The molecule has 122 valence electrons. The second kappa shape index (κ2) is 8.89. The van der Waals surface area contributed by atoms with Gasteiger partial charge in [0.2, 0.25) is 16.7 Å². The number of hydrogen-bond donors (Lipinski definition) is 2. The molecule has 0 spiro atoms. The van der Waals surface area contributed by atoms with Gasteiger partial charge in [0, 0.05) is 0 Å². The fraction of sp³-hybridized carbons (Fsp3) is 0.500. The molecule has 0 fully saturated rings. The van der Waals surface area contributed by atoms with E-state index >= 15 is 0 Å². The van der Waals surface area contributed by atoms with Crippen molar-refractivity contribution in [2.24, 2.45) is 0 Å². The Balaban J connectivity index is 0.000000690. The number of unbranched alkanes of at least 4 members (excludes halogenated alkanes) is 1. The van der Waals surface area contributed by atoms with Gasteiger partial charge in [-0.3, -0.25) is 9.11 Å². The third kappa shape index (κ3) is 14.9. The van der Waals surface area contributed by atoms with Gasteiger partial charge in [0.05, 0.1) is 12.3 Å². The highest BCUT2D eigenvalue weighted by atomic mass is 32.3. The topological polar surface area (TPSA) is 141 Å². The lowest BCUT2D eigenvalue weighted by atomic mass is 10.3. The molecule has 1 rings (SSSR count). The number of hydrogen-bond acceptors (Lipinski definition) is 5. The molecule has 1 heterocycles. The maximum absolute atomic E-state index is 10.5. The van der Waals surface area contributed by atoms with Crippen LogP contribution in [0.15, 0.2) is 31.4 Å². The summed E-state index contributed by atoms with van der Waals surface area (Å²) in [6.07, 6.45) is 8.81. The first-order valence-electron chi connectivity index (χ1n) is 5.80. The van der Waals surface area contributed by atoms with Crippen molar-refractivity contribution in [3.05, 3.63) is 31.4 Å². The summed E-state index contributed by atoms with van der Waals surface area (Å²) in [5, 5.41) is 0. The molecule has 9 nitrogen and oxygen atoms in total. The van der Waals surface area contributed by atoms with E-state index in [1.165, 1.54) is 0 Å².